The molecule has 0 N–H and O–H groups in total. The van der Waals surface area contributed by atoms with Crippen LogP contribution in [-0.2, 0) is 0 Å². The number of halogens is 2. The molecule has 0 saturated carbocycles. The molecule has 1 aromatic carbocycles. The van der Waals surface area contributed by atoms with E-state index < -0.39 is 0 Å². The minimum atomic E-state index is 0.397. The molecular formula is C9H7Br2NO. The predicted octanol–water partition coefficient (Wildman–Crippen LogP) is 3.50. The largest absolute Gasteiger partial charge is 0.490 e. The van der Waals surface area contributed by atoms with Gasteiger partial charge in [-0.1, -0.05) is 6.07 Å². The number of para-hydroxylation sites is 1. The fraction of sp³-hybridized carbons (Fsp3) is 0.222. The van der Waals surface area contributed by atoms with Gasteiger partial charge in [-0.25, -0.2) is 0 Å². The number of hydrogen-bond acceptors (Lipinski definition) is 2. The van der Waals surface area contributed by atoms with Crippen LogP contribution in [0.25, 0.3) is 0 Å². The Morgan fingerprint density at radius 3 is 2.46 bits per heavy atom. The summed E-state index contributed by atoms with van der Waals surface area (Å²) < 4.78 is 7.17. The normalized spacial score (nSPS) is 9.31. The molecule has 0 aromatic heterocycles. The molecule has 0 unspecified atom stereocenters. The molecule has 0 amide bonds. The average Bonchev–Trinajstić information content (AvgIpc) is 2.10. The minimum absolute atomic E-state index is 0.397. The molecule has 13 heavy (non-hydrogen) atoms. The smallest absolute Gasteiger partial charge is 0.147 e. The maximum absolute atomic E-state index is 8.33. The summed E-state index contributed by atoms with van der Waals surface area (Å²) in [4.78, 5) is 0. The summed E-state index contributed by atoms with van der Waals surface area (Å²) in [7, 11) is 0. The Balaban J connectivity index is 2.71. The molecular weight excluding hydrogens is 298 g/mol. The first-order chi connectivity index (χ1) is 6.25. The number of hydrogen-bond donors (Lipinski definition) is 0. The first kappa shape index (κ1) is 10.6. The van der Waals surface area contributed by atoms with E-state index >= 15 is 0 Å². The maximum atomic E-state index is 8.33. The minimum Gasteiger partial charge on any atom is -0.490 e. The SMILES string of the molecule is N#CCCOc1c(Br)cccc1Br. The van der Waals surface area contributed by atoms with E-state index in [4.69, 9.17) is 10.00 Å². The van der Waals surface area contributed by atoms with E-state index in [0.29, 0.717) is 13.0 Å². The highest BCUT2D eigenvalue weighted by Gasteiger charge is 2.04. The van der Waals surface area contributed by atoms with Gasteiger partial charge in [0, 0.05) is 0 Å². The molecule has 0 heterocycles. The van der Waals surface area contributed by atoms with Crippen LogP contribution in [0.4, 0.5) is 0 Å². The Labute approximate surface area is 93.8 Å². The maximum Gasteiger partial charge on any atom is 0.147 e. The molecule has 2 nitrogen and oxygen atoms in total. The van der Waals surface area contributed by atoms with E-state index in [0.717, 1.165) is 14.7 Å². The lowest BCUT2D eigenvalue weighted by molar-refractivity contribution is 0.322. The fourth-order valence-corrected chi connectivity index (χ4v) is 2.05. The van der Waals surface area contributed by atoms with E-state index in [9.17, 15) is 0 Å². The van der Waals surface area contributed by atoms with Crippen molar-refractivity contribution in [2.45, 2.75) is 6.42 Å². The highest BCUT2D eigenvalue weighted by molar-refractivity contribution is 9.11. The molecule has 0 aliphatic heterocycles. The van der Waals surface area contributed by atoms with E-state index in [1.807, 2.05) is 24.3 Å². The average molecular weight is 305 g/mol. The first-order valence-corrected chi connectivity index (χ1v) is 5.28. The Kier molecular flexibility index (Phi) is 4.26. The van der Waals surface area contributed by atoms with Crippen molar-refractivity contribution in [1.29, 1.82) is 5.26 Å². The lowest BCUT2D eigenvalue weighted by Crippen LogP contribution is -1.97. The Morgan fingerprint density at radius 2 is 1.92 bits per heavy atom. The van der Waals surface area contributed by atoms with Crippen LogP contribution in [-0.4, -0.2) is 6.61 Å². The quantitative estimate of drug-likeness (QED) is 0.801. The van der Waals surface area contributed by atoms with Crippen LogP contribution in [0.1, 0.15) is 6.42 Å². The molecule has 0 spiro atoms. The standard InChI is InChI=1S/C9H7Br2NO/c10-7-3-1-4-8(11)9(7)13-6-2-5-12/h1,3-4H,2,6H2. The van der Waals surface area contributed by atoms with Gasteiger partial charge in [-0.15, -0.1) is 0 Å². The number of ether oxygens (including phenoxy) is 1. The zero-order chi connectivity index (χ0) is 9.68. The van der Waals surface area contributed by atoms with Crippen LogP contribution in [0.3, 0.4) is 0 Å². The fourth-order valence-electron chi connectivity index (χ4n) is 0.819. The zero-order valence-corrected chi connectivity index (χ0v) is 9.93. The van der Waals surface area contributed by atoms with Crippen molar-refractivity contribution in [3.63, 3.8) is 0 Å². The molecule has 0 aliphatic rings. The van der Waals surface area contributed by atoms with Crippen molar-refractivity contribution >= 4 is 31.9 Å². The summed E-state index contributed by atoms with van der Waals surface area (Å²) in [5.74, 6) is 0.748. The van der Waals surface area contributed by atoms with E-state index in [-0.39, 0.29) is 0 Å². The van der Waals surface area contributed by atoms with Gasteiger partial charge in [0.1, 0.15) is 12.4 Å². The third kappa shape index (κ3) is 3.02. The van der Waals surface area contributed by atoms with Crippen LogP contribution < -0.4 is 4.74 Å². The van der Waals surface area contributed by atoms with Crippen LogP contribution in [0, 0.1) is 11.3 Å². The third-order valence-electron chi connectivity index (χ3n) is 1.38. The molecule has 0 radical (unpaired) electrons. The van der Waals surface area contributed by atoms with E-state index in [1.54, 1.807) is 0 Å². The highest BCUT2D eigenvalue weighted by Crippen LogP contribution is 2.32. The lowest BCUT2D eigenvalue weighted by atomic mass is 10.3. The number of nitrogens with zero attached hydrogens (tertiary/aromatic N) is 1. The Bertz CT molecular complexity index is 313. The molecule has 4 heteroatoms. The van der Waals surface area contributed by atoms with Gasteiger partial charge in [0.2, 0.25) is 0 Å². The van der Waals surface area contributed by atoms with Crippen molar-refractivity contribution in [2.75, 3.05) is 6.61 Å². The molecule has 0 saturated heterocycles. The van der Waals surface area contributed by atoms with Gasteiger partial charge in [-0.3, -0.25) is 0 Å². The van der Waals surface area contributed by atoms with Crippen molar-refractivity contribution in [3.05, 3.63) is 27.1 Å². The number of benzene rings is 1. The molecule has 0 atom stereocenters. The number of rotatable bonds is 3. The lowest BCUT2D eigenvalue weighted by Gasteiger charge is -2.07. The molecule has 0 fully saturated rings. The van der Waals surface area contributed by atoms with Gasteiger partial charge in [0.15, 0.2) is 0 Å². The summed E-state index contributed by atoms with van der Waals surface area (Å²) in [5.41, 5.74) is 0. The molecule has 1 aromatic rings. The topological polar surface area (TPSA) is 33.0 Å². The van der Waals surface area contributed by atoms with Crippen LogP contribution in [0.15, 0.2) is 27.1 Å². The van der Waals surface area contributed by atoms with Crippen LogP contribution >= 0.6 is 31.9 Å². The van der Waals surface area contributed by atoms with Gasteiger partial charge < -0.3 is 4.74 Å². The van der Waals surface area contributed by atoms with Crippen LogP contribution in [0.2, 0.25) is 0 Å². The zero-order valence-electron chi connectivity index (χ0n) is 6.76. The molecule has 0 aliphatic carbocycles. The second-order valence-corrected chi connectivity index (χ2v) is 4.02. The second-order valence-electron chi connectivity index (χ2n) is 2.31. The first-order valence-electron chi connectivity index (χ1n) is 3.69. The third-order valence-corrected chi connectivity index (χ3v) is 2.63. The Morgan fingerprint density at radius 1 is 1.31 bits per heavy atom. The van der Waals surface area contributed by atoms with Gasteiger partial charge >= 0.3 is 0 Å². The van der Waals surface area contributed by atoms with Gasteiger partial charge in [-0.05, 0) is 44.0 Å². The van der Waals surface area contributed by atoms with Gasteiger partial charge in [0.25, 0.3) is 0 Å². The van der Waals surface area contributed by atoms with Crippen molar-refractivity contribution < 1.29 is 4.74 Å². The summed E-state index contributed by atoms with van der Waals surface area (Å²) in [6, 6.07) is 7.72. The van der Waals surface area contributed by atoms with Gasteiger partial charge in [-0.2, -0.15) is 5.26 Å². The summed E-state index contributed by atoms with van der Waals surface area (Å²) in [6.45, 7) is 0.414. The highest BCUT2D eigenvalue weighted by atomic mass is 79.9. The molecule has 1 rings (SSSR count). The summed E-state index contributed by atoms with van der Waals surface area (Å²) in [6.07, 6.45) is 0.397. The number of nitriles is 1. The molecule has 68 valence electrons. The summed E-state index contributed by atoms with van der Waals surface area (Å²) in [5, 5.41) is 8.33. The van der Waals surface area contributed by atoms with Gasteiger partial charge in [0.05, 0.1) is 21.4 Å². The molecule has 0 bridgehead atoms. The predicted molar refractivity (Wildman–Crippen MR) is 57.6 cm³/mol. The van der Waals surface area contributed by atoms with Crippen molar-refractivity contribution in [2.24, 2.45) is 0 Å². The van der Waals surface area contributed by atoms with Crippen molar-refractivity contribution in [1.82, 2.24) is 0 Å². The van der Waals surface area contributed by atoms with E-state index in [2.05, 4.69) is 31.9 Å². The summed E-state index contributed by atoms with van der Waals surface area (Å²) >= 11 is 6.72. The Hall–Kier alpha value is -0.530. The van der Waals surface area contributed by atoms with Crippen molar-refractivity contribution in [3.8, 4) is 11.8 Å². The second kappa shape index (κ2) is 5.25. The van der Waals surface area contributed by atoms with Crippen LogP contribution in [0.5, 0.6) is 5.75 Å². The monoisotopic (exact) mass is 303 g/mol. The van der Waals surface area contributed by atoms with E-state index in [1.165, 1.54) is 0 Å².